The maximum atomic E-state index is 9.08. The van der Waals surface area contributed by atoms with Crippen LogP contribution in [0.15, 0.2) is 87.5 Å². The summed E-state index contributed by atoms with van der Waals surface area (Å²) in [6.07, 6.45) is 0.604. The van der Waals surface area contributed by atoms with Crippen LogP contribution >= 0.6 is 0 Å². The molecule has 0 atom stereocenters. The number of nitrogens with zero attached hydrogens (tertiary/aromatic N) is 1. The quantitative estimate of drug-likeness (QED) is 0.265. The van der Waals surface area contributed by atoms with E-state index < -0.39 is 10.1 Å². The van der Waals surface area contributed by atoms with Gasteiger partial charge in [-0.2, -0.15) is 0 Å². The third-order valence-electron chi connectivity index (χ3n) is 4.56. The predicted molar refractivity (Wildman–Crippen MR) is 152 cm³/mol. The largest absolute Gasteiger partial charge is 0.748 e. The van der Waals surface area contributed by atoms with Crippen molar-refractivity contribution in [1.82, 2.24) is 0 Å². The van der Waals surface area contributed by atoms with Gasteiger partial charge in [-0.05, 0) is 114 Å². The van der Waals surface area contributed by atoms with Crippen molar-refractivity contribution < 1.29 is 22.4 Å². The highest BCUT2D eigenvalue weighted by Gasteiger charge is 2.29. The average Bonchev–Trinajstić information content (AvgIpc) is 2.73. The second kappa shape index (κ2) is 12.2. The minimum absolute atomic E-state index is 0.214. The molecule has 0 heterocycles. The van der Waals surface area contributed by atoms with Gasteiger partial charge >= 0.3 is 0 Å². The van der Waals surface area contributed by atoms with E-state index in [1.54, 1.807) is 0 Å². The molecule has 0 aliphatic rings. The second-order valence-electron chi connectivity index (χ2n) is 10.8. The summed E-state index contributed by atoms with van der Waals surface area (Å²) in [7, 11) is -0.0130. The minimum Gasteiger partial charge on any atom is -0.748 e. The normalized spacial score (nSPS) is 12.0. The number of hydrogen-bond acceptors (Lipinski definition) is 6. The molecule has 3 rings (SSSR count). The van der Waals surface area contributed by atoms with Crippen molar-refractivity contribution in [2.75, 3.05) is 25.3 Å². The first kappa shape index (κ1) is 30.5. The van der Waals surface area contributed by atoms with Crippen LogP contribution in [0, 0.1) is 0 Å². The maximum absolute atomic E-state index is 9.08. The van der Waals surface area contributed by atoms with E-state index in [1.807, 2.05) is 0 Å². The fraction of sp³-hybridized carbons (Fsp3) is 0.379. The highest BCUT2D eigenvalue weighted by Crippen LogP contribution is 2.34. The van der Waals surface area contributed by atoms with Crippen molar-refractivity contribution in [3.8, 4) is 11.5 Å². The fourth-order valence-corrected chi connectivity index (χ4v) is 5.32. The lowest BCUT2D eigenvalue weighted by atomic mass is 10.2. The van der Waals surface area contributed by atoms with Crippen molar-refractivity contribution in [3.05, 3.63) is 72.8 Å². The summed E-state index contributed by atoms with van der Waals surface area (Å²) < 4.78 is 39.3. The van der Waals surface area contributed by atoms with Crippen molar-refractivity contribution in [1.29, 1.82) is 0 Å². The average molecular weight is 546 g/mol. The Hall–Kier alpha value is -2.68. The lowest BCUT2D eigenvalue weighted by molar-refractivity contribution is 0.130. The first-order valence-corrected chi connectivity index (χ1v) is 15.0. The lowest BCUT2D eigenvalue weighted by Crippen LogP contribution is -2.23. The third-order valence-corrected chi connectivity index (χ3v) is 6.79. The van der Waals surface area contributed by atoms with Gasteiger partial charge in [-0.25, -0.2) is 8.42 Å². The van der Waals surface area contributed by atoms with Gasteiger partial charge in [-0.15, -0.1) is 0 Å². The molecule has 3 aromatic carbocycles. The Balaban J connectivity index is 0.000000877. The summed E-state index contributed by atoms with van der Waals surface area (Å²) in [6.45, 7) is 12.4. The van der Waals surface area contributed by atoms with Crippen LogP contribution in [0.3, 0.4) is 0 Å². The molecule has 0 unspecified atom stereocenters. The SMILES string of the molecule is CN(C)c1ccc([S+](c2ccc(OC(C)(C)C)cc2)c2ccc(OC(C)(C)C)cc2)cc1.CS(=O)(=O)[O-]. The molecule has 0 radical (unpaired) electrons. The van der Waals surface area contributed by atoms with Crippen LogP contribution in [0.1, 0.15) is 41.5 Å². The number of rotatable bonds is 6. The van der Waals surface area contributed by atoms with E-state index in [9.17, 15) is 0 Å². The molecule has 0 fully saturated rings. The maximum Gasteiger partial charge on any atom is 0.166 e. The molecule has 0 bridgehead atoms. The van der Waals surface area contributed by atoms with Gasteiger partial charge in [0.15, 0.2) is 14.7 Å². The predicted octanol–water partition coefficient (Wildman–Crippen LogP) is 6.36. The molecule has 0 aliphatic carbocycles. The lowest BCUT2D eigenvalue weighted by Gasteiger charge is -2.21. The van der Waals surface area contributed by atoms with Gasteiger partial charge in [0.05, 0.1) is 21.0 Å². The Kier molecular flexibility index (Phi) is 10.1. The van der Waals surface area contributed by atoms with Gasteiger partial charge in [0.25, 0.3) is 0 Å². The molecule has 0 N–H and O–H groups in total. The van der Waals surface area contributed by atoms with Gasteiger partial charge in [0.2, 0.25) is 0 Å². The van der Waals surface area contributed by atoms with Crippen LogP contribution in [0.25, 0.3) is 0 Å². The molecule has 6 nitrogen and oxygen atoms in total. The van der Waals surface area contributed by atoms with Crippen LogP contribution in [-0.4, -0.2) is 44.5 Å². The van der Waals surface area contributed by atoms with Gasteiger partial charge in [0.1, 0.15) is 22.7 Å². The molecular formula is C29H39NO5S2. The van der Waals surface area contributed by atoms with E-state index >= 15 is 0 Å². The first-order valence-electron chi connectivity index (χ1n) is 11.9. The molecule has 0 aliphatic heterocycles. The highest BCUT2D eigenvalue weighted by atomic mass is 32.2. The van der Waals surface area contributed by atoms with Gasteiger partial charge < -0.3 is 18.9 Å². The number of benzene rings is 3. The molecule has 3 aromatic rings. The van der Waals surface area contributed by atoms with Crippen molar-refractivity contribution in [2.45, 2.75) is 67.4 Å². The smallest absolute Gasteiger partial charge is 0.166 e. The molecule has 0 saturated carbocycles. The molecule has 0 saturated heterocycles. The van der Waals surface area contributed by atoms with E-state index in [1.165, 1.54) is 20.4 Å². The summed E-state index contributed by atoms with van der Waals surface area (Å²) in [5.41, 5.74) is 0.766. The monoisotopic (exact) mass is 545 g/mol. The molecule has 0 spiro atoms. The summed E-state index contributed by atoms with van der Waals surface area (Å²) in [4.78, 5) is 5.92. The van der Waals surface area contributed by atoms with E-state index in [4.69, 9.17) is 22.4 Å². The zero-order chi connectivity index (χ0) is 28.0. The number of ether oxygens (including phenoxy) is 2. The Morgan fingerprint density at radius 2 is 0.919 bits per heavy atom. The summed E-state index contributed by atoms with van der Waals surface area (Å²) in [6, 6.07) is 25.9. The molecule has 37 heavy (non-hydrogen) atoms. The van der Waals surface area contributed by atoms with Crippen LogP contribution in [0.2, 0.25) is 0 Å². The van der Waals surface area contributed by atoms with Crippen molar-refractivity contribution in [2.24, 2.45) is 0 Å². The van der Waals surface area contributed by atoms with Crippen LogP contribution in [0.4, 0.5) is 5.69 Å². The molecule has 0 aromatic heterocycles. The van der Waals surface area contributed by atoms with E-state index in [0.717, 1.165) is 11.5 Å². The van der Waals surface area contributed by atoms with Gasteiger partial charge in [-0.3, -0.25) is 0 Å². The Morgan fingerprint density at radius 1 is 0.649 bits per heavy atom. The van der Waals surface area contributed by atoms with Crippen LogP contribution in [0.5, 0.6) is 11.5 Å². The zero-order valence-electron chi connectivity index (χ0n) is 23.2. The minimum atomic E-state index is -3.92. The summed E-state index contributed by atoms with van der Waals surface area (Å²) in [5, 5.41) is 0. The van der Waals surface area contributed by atoms with E-state index in [-0.39, 0.29) is 22.1 Å². The fourth-order valence-electron chi connectivity index (χ4n) is 3.28. The summed E-state index contributed by atoms with van der Waals surface area (Å²) in [5.74, 6) is 1.78. The topological polar surface area (TPSA) is 78.9 Å². The van der Waals surface area contributed by atoms with Crippen molar-refractivity contribution >= 4 is 26.7 Å². The van der Waals surface area contributed by atoms with E-state index in [0.29, 0.717) is 6.26 Å². The number of hydrogen-bond donors (Lipinski definition) is 0. The Labute approximate surface area is 225 Å². The third kappa shape index (κ3) is 11.5. The van der Waals surface area contributed by atoms with E-state index in [2.05, 4.69) is 133 Å². The highest BCUT2D eigenvalue weighted by molar-refractivity contribution is 7.97. The van der Waals surface area contributed by atoms with Gasteiger partial charge in [0, 0.05) is 26.0 Å². The molecular weight excluding hydrogens is 506 g/mol. The Morgan fingerprint density at radius 3 is 1.16 bits per heavy atom. The van der Waals surface area contributed by atoms with Crippen LogP contribution < -0.4 is 14.4 Å². The standard InChI is InChI=1S/C28H36NO2S.CH4O3S/c1-27(2,3)30-22-11-17-25(18-12-22)32(24-15-9-21(10-16-24)29(7)8)26-19-13-23(14-20-26)31-28(4,5)6;1-5(2,3)4/h9-20H,1-8H3;1H3,(H,2,3,4)/q+1;/p-1. The molecule has 0 amide bonds. The molecule has 202 valence electrons. The Bertz CT molecular complexity index is 1160. The first-order chi connectivity index (χ1) is 16.9. The van der Waals surface area contributed by atoms with Gasteiger partial charge in [-0.1, -0.05) is 0 Å². The molecule has 8 heteroatoms. The van der Waals surface area contributed by atoms with Crippen LogP contribution in [-0.2, 0) is 21.0 Å². The van der Waals surface area contributed by atoms with Crippen molar-refractivity contribution in [3.63, 3.8) is 0 Å². The number of anilines is 1. The zero-order valence-corrected chi connectivity index (χ0v) is 24.9. The summed E-state index contributed by atoms with van der Waals surface area (Å²) >= 11 is 0. The second-order valence-corrected chi connectivity index (χ2v) is 14.2.